The first kappa shape index (κ1) is 50.5. The summed E-state index contributed by atoms with van der Waals surface area (Å²) in [5.41, 5.74) is 7.25. The normalized spacial score (nSPS) is 18.7. The van der Waals surface area contributed by atoms with E-state index in [1.807, 2.05) is 78.0 Å². The van der Waals surface area contributed by atoms with Gasteiger partial charge in [0.15, 0.2) is 17.9 Å². The molecule has 3 aromatic carbocycles. The number of nitrogens with zero attached hydrogens (tertiary/aromatic N) is 3. The maximum atomic E-state index is 13.4. The van der Waals surface area contributed by atoms with Crippen LogP contribution in [0.15, 0.2) is 95.6 Å². The van der Waals surface area contributed by atoms with Crippen molar-refractivity contribution in [1.29, 1.82) is 0 Å². The van der Waals surface area contributed by atoms with E-state index >= 15 is 0 Å². The van der Waals surface area contributed by atoms with Crippen molar-refractivity contribution in [3.8, 4) is 23.3 Å². The highest BCUT2D eigenvalue weighted by Crippen LogP contribution is 2.49. The molecule has 368 valence electrons. The molecule has 1 amide bonds. The van der Waals surface area contributed by atoms with Gasteiger partial charge in [-0.05, 0) is 107 Å². The molecule has 16 heteroatoms. The van der Waals surface area contributed by atoms with Gasteiger partial charge < -0.3 is 39.8 Å². The van der Waals surface area contributed by atoms with E-state index in [0.717, 1.165) is 50.6 Å². The first-order valence-corrected chi connectivity index (χ1v) is 24.9. The minimum Gasteiger partial charge on any atom is -0.507 e. The number of rotatable bonds is 18. The van der Waals surface area contributed by atoms with E-state index in [2.05, 4.69) is 46.8 Å². The second-order valence-corrected chi connectivity index (χ2v) is 20.7. The molecule has 0 bridgehead atoms. The Morgan fingerprint density at radius 3 is 2.30 bits per heavy atom. The number of nitrogens with one attached hydrogen (secondary N) is 1. The quantitative estimate of drug-likeness (QED) is 0.0278. The number of allylic oxidation sites excluding steroid dienone is 6. The Balaban J connectivity index is 0.999. The van der Waals surface area contributed by atoms with Gasteiger partial charge in [-0.1, -0.05) is 56.7 Å². The smallest absolute Gasteiger partial charge is 0.333 e. The Morgan fingerprint density at radius 1 is 0.855 bits per heavy atom. The van der Waals surface area contributed by atoms with E-state index in [-0.39, 0.29) is 40.1 Å². The molecule has 0 aliphatic carbocycles. The zero-order chi connectivity index (χ0) is 50.1. The van der Waals surface area contributed by atoms with E-state index in [4.69, 9.17) is 14.3 Å². The predicted octanol–water partition coefficient (Wildman–Crippen LogP) is 8.08. The summed E-state index contributed by atoms with van der Waals surface area (Å²) >= 11 is 0. The van der Waals surface area contributed by atoms with Crippen LogP contribution >= 0.6 is 0 Å². The number of benzene rings is 3. The van der Waals surface area contributed by atoms with Gasteiger partial charge in [-0.3, -0.25) is 9.35 Å². The van der Waals surface area contributed by atoms with Gasteiger partial charge in [-0.25, -0.2) is 4.79 Å². The summed E-state index contributed by atoms with van der Waals surface area (Å²) in [4.78, 5) is 32.9. The van der Waals surface area contributed by atoms with E-state index in [1.165, 1.54) is 29.8 Å². The zero-order valence-corrected chi connectivity index (χ0v) is 41.6. The topological polar surface area (TPSA) is 200 Å². The number of aromatic hydroxyl groups is 3. The number of phenolic OH excluding ortho intramolecular Hbond substituents is 1. The van der Waals surface area contributed by atoms with Gasteiger partial charge in [0, 0.05) is 78.1 Å². The molecule has 7 rings (SSSR count). The number of phenols is 1. The Kier molecular flexibility index (Phi) is 14.6. The lowest BCUT2D eigenvalue weighted by Crippen LogP contribution is -2.51. The second kappa shape index (κ2) is 19.9. The molecule has 0 saturated carbocycles. The van der Waals surface area contributed by atoms with Crippen LogP contribution in [0, 0.1) is 20.8 Å². The largest absolute Gasteiger partial charge is 0.507 e. The summed E-state index contributed by atoms with van der Waals surface area (Å²) in [6.07, 6.45) is 13.1. The van der Waals surface area contributed by atoms with Gasteiger partial charge in [0.1, 0.15) is 18.1 Å². The number of hydrogen-bond donors (Lipinski definition) is 5. The van der Waals surface area contributed by atoms with Crippen molar-refractivity contribution in [2.24, 2.45) is 0 Å². The standard InChI is InChI=1S/C53H64N4O11S/c1-34-35(2)49-38(36(3)48(34)61)26-27-53(8,67-49)50(62)54-28-31-66-32-30-56-41-18-15-14-17-39(41)51(4,5)43(56)19-11-9-12-20-44-52(6,7)40-33-37(69(63,64)65)22-23-42(40)55(44)29-16-10-13-21-47(60)68-57-45(58)24-25-46(57)59/h9,11-12,14-15,17-20,22-25,33H,10,13,16,21,26-32H2,1-8H3,(H4-,54,58,59,61,62,63,64,65)/p+1. The molecule has 4 aromatic rings. The van der Waals surface area contributed by atoms with Gasteiger partial charge >= 0.3 is 5.97 Å². The van der Waals surface area contributed by atoms with Crippen LogP contribution in [-0.4, -0.2) is 93.6 Å². The number of para-hydroxylation sites is 1. The summed E-state index contributed by atoms with van der Waals surface area (Å²) in [7, 11) is -4.44. The third-order valence-corrected chi connectivity index (χ3v) is 14.8. The number of hydrogen-bond acceptors (Lipinski definition) is 11. The molecule has 15 nitrogen and oxygen atoms in total. The summed E-state index contributed by atoms with van der Waals surface area (Å²) in [5, 5.41) is 33.2. The predicted molar refractivity (Wildman–Crippen MR) is 264 cm³/mol. The molecule has 0 fully saturated rings. The van der Waals surface area contributed by atoms with Gasteiger partial charge in [0.2, 0.25) is 17.4 Å². The van der Waals surface area contributed by atoms with Crippen molar-refractivity contribution in [2.45, 2.75) is 115 Å². The number of carbonyl (C=O) groups excluding carboxylic acids is 2. The molecule has 5 N–H and O–H groups in total. The van der Waals surface area contributed by atoms with Crippen molar-refractivity contribution < 1.29 is 56.8 Å². The summed E-state index contributed by atoms with van der Waals surface area (Å²) in [6.45, 7) is 18.1. The molecule has 1 unspecified atom stereocenters. The monoisotopic (exact) mass is 965 g/mol. The number of anilines is 1. The fourth-order valence-corrected chi connectivity index (χ4v) is 10.3. The van der Waals surface area contributed by atoms with Crippen LogP contribution in [0.4, 0.5) is 11.4 Å². The van der Waals surface area contributed by atoms with Crippen LogP contribution in [0.3, 0.4) is 0 Å². The highest BCUT2D eigenvalue weighted by atomic mass is 32.2. The van der Waals surface area contributed by atoms with Crippen LogP contribution in [0.5, 0.6) is 23.3 Å². The summed E-state index contributed by atoms with van der Waals surface area (Å²) in [6, 6.07) is 15.4. The molecule has 69 heavy (non-hydrogen) atoms. The third kappa shape index (κ3) is 10.2. The van der Waals surface area contributed by atoms with E-state index < -0.39 is 27.1 Å². The Hall–Kier alpha value is -6.36. The maximum Gasteiger partial charge on any atom is 0.333 e. The highest BCUT2D eigenvalue weighted by molar-refractivity contribution is 7.85. The van der Waals surface area contributed by atoms with E-state index in [0.29, 0.717) is 75.4 Å². The minimum absolute atomic E-state index is 0.0694. The molecular formula is C53H65N4O11S+. The molecule has 3 aliphatic heterocycles. The van der Waals surface area contributed by atoms with E-state index in [1.54, 1.807) is 6.07 Å². The molecule has 0 spiro atoms. The number of carbonyl (C=O) groups is 2. The fraction of sp³-hybridized carbons (Fsp3) is 0.415. The van der Waals surface area contributed by atoms with Crippen molar-refractivity contribution in [3.63, 3.8) is 0 Å². The number of amides is 1. The maximum absolute atomic E-state index is 13.4. The van der Waals surface area contributed by atoms with Crippen LogP contribution in [0.25, 0.3) is 0 Å². The van der Waals surface area contributed by atoms with Crippen molar-refractivity contribution in [3.05, 3.63) is 124 Å². The SMILES string of the molecule is Cc1c(C)c2c(c(C)c1O)CCC(C)(C(=O)NCCOCC[N+]1=C(C=CC=CC=C3N(CCCCCC(=O)On4c(O)ccc4O)c4ccc(S(=O)(=O)O)cc4C3(C)C)C(C)(C)c3ccccc31)O2. The Morgan fingerprint density at radius 2 is 1.58 bits per heavy atom. The van der Waals surface area contributed by atoms with Gasteiger partial charge in [-0.2, -0.15) is 13.0 Å². The number of unbranched alkanes of at least 4 members (excludes halogenated alkanes) is 2. The van der Waals surface area contributed by atoms with Crippen LogP contribution in [0.1, 0.15) is 100 Å². The first-order valence-electron chi connectivity index (χ1n) is 23.4. The number of fused-ring (bicyclic) bond motifs is 3. The van der Waals surface area contributed by atoms with Gasteiger partial charge in [0.25, 0.3) is 16.0 Å². The van der Waals surface area contributed by atoms with Crippen molar-refractivity contribution in [2.75, 3.05) is 37.7 Å². The molecule has 0 saturated heterocycles. The Labute approximate surface area is 404 Å². The first-order chi connectivity index (χ1) is 32.6. The van der Waals surface area contributed by atoms with Crippen LogP contribution in [0.2, 0.25) is 0 Å². The lowest BCUT2D eigenvalue weighted by Gasteiger charge is -2.36. The zero-order valence-electron chi connectivity index (χ0n) is 40.8. The molecule has 3 aliphatic rings. The lowest BCUT2D eigenvalue weighted by molar-refractivity contribution is -0.442. The average Bonchev–Trinajstić information content (AvgIpc) is 3.82. The lowest BCUT2D eigenvalue weighted by atomic mass is 9.81. The molecule has 4 heterocycles. The summed E-state index contributed by atoms with van der Waals surface area (Å²) < 4.78 is 49.7. The second-order valence-electron chi connectivity index (χ2n) is 19.3. The van der Waals surface area contributed by atoms with Gasteiger partial charge in [-0.15, -0.1) is 4.73 Å². The highest BCUT2D eigenvalue weighted by Gasteiger charge is 2.45. The van der Waals surface area contributed by atoms with Gasteiger partial charge in [0.05, 0.1) is 16.9 Å². The molecule has 1 atom stereocenters. The fourth-order valence-electron chi connectivity index (χ4n) is 9.74. The molecule has 0 radical (unpaired) electrons. The van der Waals surface area contributed by atoms with Crippen LogP contribution in [-0.2, 0) is 41.7 Å². The van der Waals surface area contributed by atoms with Crippen LogP contribution < -0.4 is 19.8 Å². The number of aromatic nitrogens is 1. The third-order valence-electron chi connectivity index (χ3n) is 13.9. The minimum atomic E-state index is -4.44. The van der Waals surface area contributed by atoms with Crippen molar-refractivity contribution >= 4 is 39.1 Å². The van der Waals surface area contributed by atoms with Crippen molar-refractivity contribution in [1.82, 2.24) is 10.0 Å². The number of ether oxygens (including phenoxy) is 2. The molecule has 1 aromatic heterocycles. The average molecular weight is 966 g/mol. The van der Waals surface area contributed by atoms with E-state index in [9.17, 15) is 37.9 Å². The Bertz CT molecular complexity index is 2870. The summed E-state index contributed by atoms with van der Waals surface area (Å²) in [5.74, 6) is -0.618. The molecular weight excluding hydrogens is 901 g/mol.